The molecule has 2 aliphatic rings. The zero-order valence-electron chi connectivity index (χ0n) is 12.1. The number of hydrogen-bond donors (Lipinski definition) is 1. The number of nitrogens with one attached hydrogen (secondary N) is 1. The number of benzene rings is 1. The number of carbonyl (C=O) groups is 1. The van der Waals surface area contributed by atoms with Crippen molar-refractivity contribution in [3.8, 4) is 0 Å². The fourth-order valence-corrected chi connectivity index (χ4v) is 3.46. The molecule has 1 amide bonds. The molecule has 5 heteroatoms. The molecule has 4 nitrogen and oxygen atoms in total. The lowest BCUT2D eigenvalue weighted by atomic mass is 10.0. The van der Waals surface area contributed by atoms with Gasteiger partial charge in [0, 0.05) is 11.0 Å². The van der Waals surface area contributed by atoms with Crippen molar-refractivity contribution in [2.75, 3.05) is 26.2 Å². The van der Waals surface area contributed by atoms with Crippen LogP contribution in [-0.2, 0) is 9.53 Å². The van der Waals surface area contributed by atoms with Gasteiger partial charge in [0.2, 0.25) is 5.91 Å². The molecule has 0 saturated carbocycles. The molecule has 0 bridgehead atoms. The zero-order chi connectivity index (χ0) is 14.7. The smallest absolute Gasteiger partial charge is 0.239 e. The Morgan fingerprint density at radius 1 is 1.38 bits per heavy atom. The highest BCUT2D eigenvalue weighted by molar-refractivity contribution is 9.10. The van der Waals surface area contributed by atoms with Crippen LogP contribution in [0.5, 0.6) is 0 Å². The molecule has 114 valence electrons. The van der Waals surface area contributed by atoms with Crippen LogP contribution in [0.1, 0.15) is 30.9 Å². The van der Waals surface area contributed by atoms with Gasteiger partial charge in [0.05, 0.1) is 19.2 Å². The second kappa shape index (κ2) is 6.90. The van der Waals surface area contributed by atoms with Gasteiger partial charge in [-0.3, -0.25) is 4.79 Å². The summed E-state index contributed by atoms with van der Waals surface area (Å²) in [4.78, 5) is 14.6. The van der Waals surface area contributed by atoms with Gasteiger partial charge in [0.15, 0.2) is 0 Å². The van der Waals surface area contributed by atoms with E-state index in [4.69, 9.17) is 4.74 Å². The molecule has 3 rings (SSSR count). The van der Waals surface area contributed by atoms with E-state index in [0.717, 1.165) is 29.4 Å². The molecule has 0 aliphatic carbocycles. The van der Waals surface area contributed by atoms with E-state index in [1.807, 2.05) is 17.0 Å². The zero-order valence-corrected chi connectivity index (χ0v) is 13.6. The van der Waals surface area contributed by atoms with Crippen molar-refractivity contribution in [1.82, 2.24) is 10.2 Å². The molecule has 2 aliphatic heterocycles. The van der Waals surface area contributed by atoms with Crippen LogP contribution < -0.4 is 5.32 Å². The molecule has 1 aromatic rings. The Morgan fingerprint density at radius 3 is 3.05 bits per heavy atom. The summed E-state index contributed by atoms with van der Waals surface area (Å²) < 4.78 is 6.89. The number of piperidine rings is 1. The van der Waals surface area contributed by atoms with E-state index in [1.54, 1.807) is 0 Å². The first kappa shape index (κ1) is 15.0. The number of carbonyl (C=O) groups excluding carboxylic acids is 1. The molecule has 0 radical (unpaired) electrons. The third-order valence-electron chi connectivity index (χ3n) is 4.21. The van der Waals surface area contributed by atoms with Crippen molar-refractivity contribution in [2.24, 2.45) is 0 Å². The summed E-state index contributed by atoms with van der Waals surface area (Å²) in [6, 6.07) is 8.13. The predicted octanol–water partition coefficient (Wildman–Crippen LogP) is 2.49. The SMILES string of the molecule is O=C(C1CCCCN1)N1CCOC(c2cccc(Br)c2)C1. The third-order valence-corrected chi connectivity index (χ3v) is 4.70. The van der Waals surface area contributed by atoms with Gasteiger partial charge in [0.1, 0.15) is 6.10 Å². The highest BCUT2D eigenvalue weighted by Crippen LogP contribution is 2.25. The van der Waals surface area contributed by atoms with Crippen LogP contribution in [0.2, 0.25) is 0 Å². The molecule has 2 heterocycles. The maximum absolute atomic E-state index is 12.6. The van der Waals surface area contributed by atoms with Crippen LogP contribution in [-0.4, -0.2) is 43.1 Å². The fraction of sp³-hybridized carbons (Fsp3) is 0.562. The maximum Gasteiger partial charge on any atom is 0.239 e. The molecule has 2 fully saturated rings. The standard InChI is InChI=1S/C16H21BrN2O2/c17-13-5-3-4-12(10-13)15-11-19(8-9-21-15)16(20)14-6-1-2-7-18-14/h3-5,10,14-15,18H,1-2,6-9,11H2. The van der Waals surface area contributed by atoms with Crippen LogP contribution in [0, 0.1) is 0 Å². The summed E-state index contributed by atoms with van der Waals surface area (Å²) in [7, 11) is 0. The van der Waals surface area contributed by atoms with Crippen LogP contribution in [0.4, 0.5) is 0 Å². The van der Waals surface area contributed by atoms with E-state index in [1.165, 1.54) is 6.42 Å². The van der Waals surface area contributed by atoms with E-state index < -0.39 is 0 Å². The van der Waals surface area contributed by atoms with E-state index >= 15 is 0 Å². The first-order valence-corrected chi connectivity index (χ1v) is 8.42. The third kappa shape index (κ3) is 3.65. The molecule has 1 aromatic carbocycles. The molecule has 2 unspecified atom stereocenters. The first-order chi connectivity index (χ1) is 10.2. The highest BCUT2D eigenvalue weighted by Gasteiger charge is 2.30. The van der Waals surface area contributed by atoms with Gasteiger partial charge in [-0.05, 0) is 37.1 Å². The molecule has 2 saturated heterocycles. The number of nitrogens with zero attached hydrogens (tertiary/aromatic N) is 1. The quantitative estimate of drug-likeness (QED) is 0.888. The van der Waals surface area contributed by atoms with Crippen LogP contribution >= 0.6 is 15.9 Å². The van der Waals surface area contributed by atoms with Crippen molar-refractivity contribution in [3.63, 3.8) is 0 Å². The molecular weight excluding hydrogens is 332 g/mol. The Kier molecular flexibility index (Phi) is 4.93. The van der Waals surface area contributed by atoms with Crippen molar-refractivity contribution in [1.29, 1.82) is 0 Å². The Hall–Kier alpha value is -0.910. The van der Waals surface area contributed by atoms with Crippen LogP contribution in [0.3, 0.4) is 0 Å². The lowest BCUT2D eigenvalue weighted by Crippen LogP contribution is -2.52. The van der Waals surface area contributed by atoms with Gasteiger partial charge < -0.3 is 15.0 Å². The van der Waals surface area contributed by atoms with Gasteiger partial charge >= 0.3 is 0 Å². The Morgan fingerprint density at radius 2 is 2.29 bits per heavy atom. The topological polar surface area (TPSA) is 41.6 Å². The van der Waals surface area contributed by atoms with E-state index in [2.05, 4.69) is 33.4 Å². The minimum Gasteiger partial charge on any atom is -0.370 e. The molecule has 0 spiro atoms. The van der Waals surface area contributed by atoms with Crippen molar-refractivity contribution < 1.29 is 9.53 Å². The molecule has 2 atom stereocenters. The monoisotopic (exact) mass is 352 g/mol. The predicted molar refractivity (Wildman–Crippen MR) is 85.1 cm³/mol. The van der Waals surface area contributed by atoms with Crippen LogP contribution in [0.15, 0.2) is 28.7 Å². The second-order valence-electron chi connectivity index (χ2n) is 5.70. The van der Waals surface area contributed by atoms with Crippen LogP contribution in [0.25, 0.3) is 0 Å². The van der Waals surface area contributed by atoms with Gasteiger partial charge in [0.25, 0.3) is 0 Å². The summed E-state index contributed by atoms with van der Waals surface area (Å²) in [6.45, 7) is 2.90. The fourth-order valence-electron chi connectivity index (χ4n) is 3.04. The number of rotatable bonds is 2. The largest absolute Gasteiger partial charge is 0.370 e. The average Bonchev–Trinajstić information content (AvgIpc) is 2.55. The highest BCUT2D eigenvalue weighted by atomic mass is 79.9. The van der Waals surface area contributed by atoms with E-state index in [-0.39, 0.29) is 18.1 Å². The summed E-state index contributed by atoms with van der Waals surface area (Å²) in [5.74, 6) is 0.234. The summed E-state index contributed by atoms with van der Waals surface area (Å²) >= 11 is 3.49. The Bertz CT molecular complexity index is 503. The normalized spacial score (nSPS) is 26.6. The maximum atomic E-state index is 12.6. The van der Waals surface area contributed by atoms with Gasteiger partial charge in [-0.2, -0.15) is 0 Å². The number of amides is 1. The van der Waals surface area contributed by atoms with Gasteiger partial charge in [-0.15, -0.1) is 0 Å². The lowest BCUT2D eigenvalue weighted by Gasteiger charge is -2.36. The summed E-state index contributed by atoms with van der Waals surface area (Å²) in [6.07, 6.45) is 3.25. The summed E-state index contributed by atoms with van der Waals surface area (Å²) in [5.41, 5.74) is 1.12. The minimum absolute atomic E-state index is 0.00000877. The average molecular weight is 353 g/mol. The molecule has 0 aromatic heterocycles. The lowest BCUT2D eigenvalue weighted by molar-refractivity contribution is -0.141. The van der Waals surface area contributed by atoms with E-state index in [9.17, 15) is 4.79 Å². The minimum atomic E-state index is -0.0243. The first-order valence-electron chi connectivity index (χ1n) is 7.63. The molecular formula is C16H21BrN2O2. The van der Waals surface area contributed by atoms with Crippen molar-refractivity contribution in [3.05, 3.63) is 34.3 Å². The van der Waals surface area contributed by atoms with Gasteiger partial charge in [-0.1, -0.05) is 34.5 Å². The van der Waals surface area contributed by atoms with Crippen molar-refractivity contribution >= 4 is 21.8 Å². The number of halogens is 1. The Balaban J connectivity index is 1.66. The Labute approximate surface area is 134 Å². The number of hydrogen-bond acceptors (Lipinski definition) is 3. The van der Waals surface area contributed by atoms with Crippen molar-refractivity contribution in [2.45, 2.75) is 31.4 Å². The number of ether oxygens (including phenoxy) is 1. The molecule has 21 heavy (non-hydrogen) atoms. The second-order valence-corrected chi connectivity index (χ2v) is 6.62. The summed E-state index contributed by atoms with van der Waals surface area (Å²) in [5, 5.41) is 3.34. The number of morpholine rings is 1. The van der Waals surface area contributed by atoms with Gasteiger partial charge in [-0.25, -0.2) is 0 Å². The van der Waals surface area contributed by atoms with E-state index in [0.29, 0.717) is 19.7 Å². The molecule has 1 N–H and O–H groups in total.